The van der Waals surface area contributed by atoms with Gasteiger partial charge >= 0.3 is 0 Å². The first-order valence-corrected chi connectivity index (χ1v) is 7.89. The zero-order chi connectivity index (χ0) is 15.2. The zero-order valence-electron chi connectivity index (χ0n) is 13.2. The molecule has 0 radical (unpaired) electrons. The summed E-state index contributed by atoms with van der Waals surface area (Å²) in [5.41, 5.74) is 6.97. The number of likely N-dealkylation sites (tertiary alicyclic amines) is 1. The van der Waals surface area contributed by atoms with E-state index in [-0.39, 0.29) is 11.9 Å². The van der Waals surface area contributed by atoms with Crippen LogP contribution in [0.2, 0.25) is 0 Å². The number of para-hydroxylation sites is 1. The van der Waals surface area contributed by atoms with Crippen molar-refractivity contribution in [2.75, 3.05) is 25.0 Å². The Morgan fingerprint density at radius 1 is 1.33 bits per heavy atom. The van der Waals surface area contributed by atoms with E-state index < -0.39 is 0 Å². The SMILES string of the molecule is CC(N)CCC(=O)N1CCC(N(C)c2ccccc2)CC1. The molecule has 1 saturated heterocycles. The number of benzene rings is 1. The molecule has 21 heavy (non-hydrogen) atoms. The number of nitrogens with two attached hydrogens (primary N) is 1. The Morgan fingerprint density at radius 3 is 2.52 bits per heavy atom. The largest absolute Gasteiger partial charge is 0.371 e. The molecule has 1 unspecified atom stereocenters. The minimum Gasteiger partial charge on any atom is -0.371 e. The number of carbonyl (C=O) groups excluding carboxylic acids is 1. The van der Waals surface area contributed by atoms with E-state index >= 15 is 0 Å². The fraction of sp³-hybridized carbons (Fsp3) is 0.588. The van der Waals surface area contributed by atoms with Gasteiger partial charge in [-0.1, -0.05) is 18.2 Å². The van der Waals surface area contributed by atoms with Gasteiger partial charge in [0.05, 0.1) is 0 Å². The van der Waals surface area contributed by atoms with Crippen molar-refractivity contribution in [1.29, 1.82) is 0 Å². The van der Waals surface area contributed by atoms with Crippen molar-refractivity contribution in [1.82, 2.24) is 4.90 Å². The predicted molar refractivity (Wildman–Crippen MR) is 87.3 cm³/mol. The highest BCUT2D eigenvalue weighted by Crippen LogP contribution is 2.22. The third-order valence-corrected chi connectivity index (χ3v) is 4.34. The van der Waals surface area contributed by atoms with E-state index in [1.807, 2.05) is 17.9 Å². The number of piperidine rings is 1. The summed E-state index contributed by atoms with van der Waals surface area (Å²) in [7, 11) is 2.15. The molecule has 1 atom stereocenters. The maximum Gasteiger partial charge on any atom is 0.222 e. The minimum absolute atomic E-state index is 0.107. The second-order valence-corrected chi connectivity index (χ2v) is 6.07. The van der Waals surface area contributed by atoms with Crippen molar-refractivity contribution in [2.45, 2.75) is 44.7 Å². The summed E-state index contributed by atoms with van der Waals surface area (Å²) in [5.74, 6) is 0.258. The van der Waals surface area contributed by atoms with Crippen LogP contribution in [0.25, 0.3) is 0 Å². The van der Waals surface area contributed by atoms with Crippen molar-refractivity contribution in [3.8, 4) is 0 Å². The van der Waals surface area contributed by atoms with Crippen molar-refractivity contribution in [2.24, 2.45) is 5.73 Å². The van der Waals surface area contributed by atoms with Crippen LogP contribution in [-0.2, 0) is 4.79 Å². The highest BCUT2D eigenvalue weighted by molar-refractivity contribution is 5.76. The number of carbonyl (C=O) groups is 1. The Kier molecular flexibility index (Phi) is 5.62. The topological polar surface area (TPSA) is 49.6 Å². The van der Waals surface area contributed by atoms with E-state index in [1.54, 1.807) is 0 Å². The van der Waals surface area contributed by atoms with Crippen LogP contribution in [0, 0.1) is 0 Å². The average molecular weight is 289 g/mol. The van der Waals surface area contributed by atoms with Crippen LogP contribution in [0.15, 0.2) is 30.3 Å². The van der Waals surface area contributed by atoms with Gasteiger partial charge in [-0.2, -0.15) is 0 Å². The number of nitrogens with zero attached hydrogens (tertiary/aromatic N) is 2. The first-order chi connectivity index (χ1) is 10.1. The lowest BCUT2D eigenvalue weighted by molar-refractivity contribution is -0.132. The van der Waals surface area contributed by atoms with Gasteiger partial charge in [-0.15, -0.1) is 0 Å². The van der Waals surface area contributed by atoms with Crippen molar-refractivity contribution in [3.05, 3.63) is 30.3 Å². The normalized spacial score (nSPS) is 17.6. The molecule has 4 heteroatoms. The second kappa shape index (κ2) is 7.46. The van der Waals surface area contributed by atoms with E-state index in [1.165, 1.54) is 5.69 Å². The van der Waals surface area contributed by atoms with Gasteiger partial charge in [0.25, 0.3) is 0 Å². The van der Waals surface area contributed by atoms with Gasteiger partial charge in [0.2, 0.25) is 5.91 Å². The molecule has 0 spiro atoms. The molecule has 1 aliphatic heterocycles. The van der Waals surface area contributed by atoms with Gasteiger partial charge in [0, 0.05) is 44.3 Å². The summed E-state index contributed by atoms with van der Waals surface area (Å²) < 4.78 is 0. The molecule has 4 nitrogen and oxygen atoms in total. The van der Waals surface area contributed by atoms with E-state index in [4.69, 9.17) is 5.73 Å². The first kappa shape index (κ1) is 15.8. The molecule has 0 saturated carbocycles. The van der Waals surface area contributed by atoms with E-state index in [0.29, 0.717) is 12.5 Å². The number of hydrogen-bond acceptors (Lipinski definition) is 3. The van der Waals surface area contributed by atoms with E-state index in [9.17, 15) is 4.79 Å². The van der Waals surface area contributed by atoms with Gasteiger partial charge in [0.15, 0.2) is 0 Å². The van der Waals surface area contributed by atoms with Crippen molar-refractivity contribution in [3.63, 3.8) is 0 Å². The van der Waals surface area contributed by atoms with Crippen LogP contribution >= 0.6 is 0 Å². The lowest BCUT2D eigenvalue weighted by atomic mass is 10.0. The molecule has 1 fully saturated rings. The van der Waals surface area contributed by atoms with Gasteiger partial charge in [-0.05, 0) is 38.3 Å². The number of anilines is 1. The molecular weight excluding hydrogens is 262 g/mol. The third kappa shape index (κ3) is 4.46. The molecule has 1 aliphatic rings. The molecule has 116 valence electrons. The molecule has 1 aromatic rings. The van der Waals surface area contributed by atoms with Crippen molar-refractivity contribution < 1.29 is 4.79 Å². The fourth-order valence-electron chi connectivity index (χ4n) is 2.89. The van der Waals surface area contributed by atoms with Crippen LogP contribution in [0.3, 0.4) is 0 Å². The second-order valence-electron chi connectivity index (χ2n) is 6.07. The molecular formula is C17H27N3O. The van der Waals surface area contributed by atoms with Crippen LogP contribution in [0.1, 0.15) is 32.6 Å². The molecule has 1 heterocycles. The maximum absolute atomic E-state index is 12.1. The molecule has 2 rings (SSSR count). The molecule has 0 aromatic heterocycles. The Morgan fingerprint density at radius 2 is 1.95 bits per heavy atom. The Balaban J connectivity index is 1.81. The lowest BCUT2D eigenvalue weighted by Gasteiger charge is -2.38. The predicted octanol–water partition coefficient (Wildman–Crippen LogP) is 2.24. The van der Waals surface area contributed by atoms with Crippen LogP contribution in [0.5, 0.6) is 0 Å². The summed E-state index contributed by atoms with van der Waals surface area (Å²) in [6.45, 7) is 3.67. The van der Waals surface area contributed by atoms with Gasteiger partial charge in [-0.3, -0.25) is 4.79 Å². The third-order valence-electron chi connectivity index (χ3n) is 4.34. The Hall–Kier alpha value is -1.55. The zero-order valence-corrected chi connectivity index (χ0v) is 13.2. The average Bonchev–Trinajstić information content (AvgIpc) is 2.53. The van der Waals surface area contributed by atoms with Crippen molar-refractivity contribution >= 4 is 11.6 Å². The molecule has 2 N–H and O–H groups in total. The smallest absolute Gasteiger partial charge is 0.222 e. The van der Waals surface area contributed by atoms with Crippen LogP contribution < -0.4 is 10.6 Å². The quantitative estimate of drug-likeness (QED) is 0.904. The minimum atomic E-state index is 0.107. The van der Waals surface area contributed by atoms with E-state index in [2.05, 4.69) is 36.2 Å². The van der Waals surface area contributed by atoms with Crippen LogP contribution in [-0.4, -0.2) is 43.0 Å². The number of amides is 1. The number of rotatable bonds is 5. The molecule has 0 bridgehead atoms. The summed E-state index contributed by atoms with van der Waals surface area (Å²) in [4.78, 5) is 16.4. The van der Waals surface area contributed by atoms with E-state index in [0.717, 1.165) is 32.4 Å². The summed E-state index contributed by atoms with van der Waals surface area (Å²) in [6, 6.07) is 11.1. The Bertz CT molecular complexity index is 439. The highest BCUT2D eigenvalue weighted by Gasteiger charge is 2.25. The summed E-state index contributed by atoms with van der Waals surface area (Å²) >= 11 is 0. The first-order valence-electron chi connectivity index (χ1n) is 7.89. The monoisotopic (exact) mass is 289 g/mol. The molecule has 1 amide bonds. The highest BCUT2D eigenvalue weighted by atomic mass is 16.2. The fourth-order valence-corrected chi connectivity index (χ4v) is 2.89. The number of hydrogen-bond donors (Lipinski definition) is 1. The summed E-state index contributed by atoms with van der Waals surface area (Å²) in [5, 5.41) is 0. The Labute approximate surface area is 127 Å². The standard InChI is InChI=1S/C17H27N3O/c1-14(18)8-9-17(21)20-12-10-16(11-13-20)19(2)15-6-4-3-5-7-15/h3-7,14,16H,8-13,18H2,1-2H3. The van der Waals surface area contributed by atoms with Gasteiger partial charge < -0.3 is 15.5 Å². The maximum atomic E-state index is 12.1. The molecule has 1 aromatic carbocycles. The van der Waals surface area contributed by atoms with Crippen LogP contribution in [0.4, 0.5) is 5.69 Å². The molecule has 0 aliphatic carbocycles. The van der Waals surface area contributed by atoms with Gasteiger partial charge in [-0.25, -0.2) is 0 Å². The lowest BCUT2D eigenvalue weighted by Crippen LogP contribution is -2.45. The summed E-state index contributed by atoms with van der Waals surface area (Å²) in [6.07, 6.45) is 3.43. The van der Waals surface area contributed by atoms with Gasteiger partial charge in [0.1, 0.15) is 0 Å².